The lowest BCUT2D eigenvalue weighted by Crippen LogP contribution is -2.14. The van der Waals surface area contributed by atoms with Crippen molar-refractivity contribution in [1.29, 1.82) is 0 Å². The zero-order valence-electron chi connectivity index (χ0n) is 14.5. The molecule has 0 saturated heterocycles. The largest absolute Gasteiger partial charge is 0.438 e. The minimum absolute atomic E-state index is 0.175. The van der Waals surface area contributed by atoms with Crippen LogP contribution < -0.4 is 10.3 Å². The average Bonchev–Trinajstić information content (AvgIpc) is 3.10. The van der Waals surface area contributed by atoms with Gasteiger partial charge in [0, 0.05) is 17.3 Å². The molecule has 130 valence electrons. The molecule has 3 heterocycles. The van der Waals surface area contributed by atoms with Crippen LogP contribution in [-0.4, -0.2) is 19.6 Å². The van der Waals surface area contributed by atoms with E-state index >= 15 is 0 Å². The molecule has 0 bridgehead atoms. The first-order valence-electron chi connectivity index (χ1n) is 8.09. The molecule has 26 heavy (non-hydrogen) atoms. The van der Waals surface area contributed by atoms with Crippen molar-refractivity contribution >= 4 is 21.6 Å². The van der Waals surface area contributed by atoms with E-state index in [0.29, 0.717) is 17.2 Å². The standard InChI is InChI=1S/C19H16N4O2S/c1-10-8-13(25-19-15-9-21-26-16(15)6-7-20-19)4-5-14(10)17-11(2)18(24)23-22-12(17)3/h4-9H,1-3H3,(H,23,24). The number of aryl methyl sites for hydroxylation is 2. The Kier molecular flexibility index (Phi) is 4.00. The van der Waals surface area contributed by atoms with Crippen LogP contribution in [0.15, 0.2) is 41.5 Å². The highest BCUT2D eigenvalue weighted by atomic mass is 32.1. The van der Waals surface area contributed by atoms with Crippen LogP contribution in [0, 0.1) is 20.8 Å². The lowest BCUT2D eigenvalue weighted by molar-refractivity contribution is 0.469. The van der Waals surface area contributed by atoms with E-state index in [-0.39, 0.29) is 5.56 Å². The van der Waals surface area contributed by atoms with Crippen LogP contribution in [0.5, 0.6) is 11.6 Å². The van der Waals surface area contributed by atoms with Crippen molar-refractivity contribution < 1.29 is 4.74 Å². The molecule has 0 fully saturated rings. The van der Waals surface area contributed by atoms with Gasteiger partial charge in [-0.25, -0.2) is 10.1 Å². The summed E-state index contributed by atoms with van der Waals surface area (Å²) in [4.78, 5) is 16.2. The van der Waals surface area contributed by atoms with Gasteiger partial charge in [0.1, 0.15) is 5.75 Å². The fourth-order valence-corrected chi connectivity index (χ4v) is 3.63. The summed E-state index contributed by atoms with van der Waals surface area (Å²) >= 11 is 1.41. The fraction of sp³-hybridized carbons (Fsp3) is 0.158. The summed E-state index contributed by atoms with van der Waals surface area (Å²) in [5.41, 5.74) is 4.09. The van der Waals surface area contributed by atoms with Gasteiger partial charge in [0.15, 0.2) is 0 Å². The predicted octanol–water partition coefficient (Wildman–Crippen LogP) is 4.16. The van der Waals surface area contributed by atoms with Crippen molar-refractivity contribution in [3.8, 4) is 22.8 Å². The van der Waals surface area contributed by atoms with Crippen molar-refractivity contribution in [3.05, 3.63) is 63.8 Å². The number of hydrogen-bond acceptors (Lipinski definition) is 6. The molecule has 0 aliphatic carbocycles. The van der Waals surface area contributed by atoms with Crippen LogP contribution in [0.3, 0.4) is 0 Å². The third-order valence-electron chi connectivity index (χ3n) is 4.33. The monoisotopic (exact) mass is 364 g/mol. The maximum atomic E-state index is 11.9. The smallest absolute Gasteiger partial charge is 0.267 e. The summed E-state index contributed by atoms with van der Waals surface area (Å²) in [6.45, 7) is 5.68. The molecule has 4 rings (SSSR count). The zero-order chi connectivity index (χ0) is 18.3. The quantitative estimate of drug-likeness (QED) is 0.590. The SMILES string of the molecule is Cc1cc(Oc2nccc3sncc23)ccc1-c1c(C)n[nH]c(=O)c1C. The van der Waals surface area contributed by atoms with Gasteiger partial charge in [-0.1, -0.05) is 6.07 Å². The molecule has 1 aromatic carbocycles. The third kappa shape index (κ3) is 2.76. The van der Waals surface area contributed by atoms with Gasteiger partial charge in [0.2, 0.25) is 5.88 Å². The number of rotatable bonds is 3. The Bertz CT molecular complexity index is 1180. The Hall–Kier alpha value is -3.06. The molecule has 0 aliphatic rings. The predicted molar refractivity (Wildman–Crippen MR) is 102 cm³/mol. The van der Waals surface area contributed by atoms with Crippen LogP contribution in [0.25, 0.3) is 21.2 Å². The van der Waals surface area contributed by atoms with E-state index in [2.05, 4.69) is 19.6 Å². The average molecular weight is 364 g/mol. The molecule has 0 radical (unpaired) electrons. The van der Waals surface area contributed by atoms with Crippen molar-refractivity contribution in [2.24, 2.45) is 0 Å². The van der Waals surface area contributed by atoms with E-state index in [1.54, 1.807) is 19.3 Å². The van der Waals surface area contributed by atoms with Gasteiger partial charge in [0.25, 0.3) is 5.56 Å². The summed E-state index contributed by atoms with van der Waals surface area (Å²) in [5.74, 6) is 1.22. The number of hydrogen-bond donors (Lipinski definition) is 1. The number of aromatic amines is 1. The third-order valence-corrected chi connectivity index (χ3v) is 5.09. The Balaban J connectivity index is 1.75. The molecule has 0 spiro atoms. The minimum Gasteiger partial charge on any atom is -0.438 e. The van der Waals surface area contributed by atoms with E-state index in [1.807, 2.05) is 38.1 Å². The van der Waals surface area contributed by atoms with Gasteiger partial charge in [-0.2, -0.15) is 9.47 Å². The first-order chi connectivity index (χ1) is 12.5. The molecule has 7 heteroatoms. The molecule has 0 aliphatic heterocycles. The van der Waals surface area contributed by atoms with Crippen LogP contribution in [0.1, 0.15) is 16.8 Å². The molecule has 0 unspecified atom stereocenters. The number of fused-ring (bicyclic) bond motifs is 1. The maximum absolute atomic E-state index is 11.9. The van der Waals surface area contributed by atoms with Gasteiger partial charge in [-0.15, -0.1) is 0 Å². The lowest BCUT2D eigenvalue weighted by Gasteiger charge is -2.13. The summed E-state index contributed by atoms with van der Waals surface area (Å²) in [5, 5.41) is 7.50. The van der Waals surface area contributed by atoms with E-state index < -0.39 is 0 Å². The summed E-state index contributed by atoms with van der Waals surface area (Å²) < 4.78 is 11.2. The molecule has 0 amide bonds. The fourth-order valence-electron chi connectivity index (χ4n) is 3.00. The van der Waals surface area contributed by atoms with Gasteiger partial charge >= 0.3 is 0 Å². The van der Waals surface area contributed by atoms with E-state index in [9.17, 15) is 4.79 Å². The number of ether oxygens (including phenoxy) is 1. The Morgan fingerprint density at radius 2 is 2.00 bits per heavy atom. The Morgan fingerprint density at radius 3 is 2.81 bits per heavy atom. The topological polar surface area (TPSA) is 80.8 Å². The maximum Gasteiger partial charge on any atom is 0.267 e. The second kappa shape index (κ2) is 6.34. The second-order valence-corrected chi connectivity index (χ2v) is 6.90. The molecule has 0 saturated carbocycles. The Labute approximate surface area is 153 Å². The van der Waals surface area contributed by atoms with Crippen LogP contribution in [0.2, 0.25) is 0 Å². The number of pyridine rings is 1. The van der Waals surface area contributed by atoms with Crippen molar-refractivity contribution in [1.82, 2.24) is 19.6 Å². The summed E-state index contributed by atoms with van der Waals surface area (Å²) in [6, 6.07) is 7.69. The van der Waals surface area contributed by atoms with Gasteiger partial charge in [-0.3, -0.25) is 4.79 Å². The second-order valence-electron chi connectivity index (χ2n) is 6.07. The lowest BCUT2D eigenvalue weighted by atomic mass is 9.96. The minimum atomic E-state index is -0.175. The van der Waals surface area contributed by atoms with Gasteiger partial charge in [0.05, 0.1) is 22.0 Å². The van der Waals surface area contributed by atoms with Crippen LogP contribution in [0.4, 0.5) is 0 Å². The summed E-state index contributed by atoms with van der Waals surface area (Å²) in [7, 11) is 0. The summed E-state index contributed by atoms with van der Waals surface area (Å²) in [6.07, 6.45) is 3.48. The number of aromatic nitrogens is 4. The van der Waals surface area contributed by atoms with Gasteiger partial charge in [-0.05, 0) is 61.6 Å². The van der Waals surface area contributed by atoms with E-state index in [4.69, 9.17) is 4.74 Å². The van der Waals surface area contributed by atoms with E-state index in [1.165, 1.54) is 11.5 Å². The molecule has 6 nitrogen and oxygen atoms in total. The van der Waals surface area contributed by atoms with E-state index in [0.717, 1.165) is 32.5 Å². The molecule has 4 aromatic rings. The molecule has 0 atom stereocenters. The molecule has 3 aromatic heterocycles. The number of H-pyrrole nitrogens is 1. The highest BCUT2D eigenvalue weighted by molar-refractivity contribution is 7.13. The van der Waals surface area contributed by atoms with Crippen molar-refractivity contribution in [2.75, 3.05) is 0 Å². The zero-order valence-corrected chi connectivity index (χ0v) is 15.3. The van der Waals surface area contributed by atoms with Crippen molar-refractivity contribution in [3.63, 3.8) is 0 Å². The number of nitrogens with one attached hydrogen (secondary N) is 1. The highest BCUT2D eigenvalue weighted by Gasteiger charge is 2.14. The normalized spacial score (nSPS) is 11.0. The van der Waals surface area contributed by atoms with Gasteiger partial charge < -0.3 is 4.74 Å². The number of benzene rings is 1. The highest BCUT2D eigenvalue weighted by Crippen LogP contribution is 2.33. The van der Waals surface area contributed by atoms with Crippen LogP contribution >= 0.6 is 11.5 Å². The first kappa shape index (κ1) is 16.4. The number of nitrogens with zero attached hydrogens (tertiary/aromatic N) is 3. The van der Waals surface area contributed by atoms with Crippen molar-refractivity contribution in [2.45, 2.75) is 20.8 Å². The molecule has 1 N–H and O–H groups in total. The Morgan fingerprint density at radius 1 is 1.15 bits per heavy atom. The molecular formula is C19H16N4O2S. The first-order valence-corrected chi connectivity index (χ1v) is 8.86. The van der Waals surface area contributed by atoms with Crippen LogP contribution in [-0.2, 0) is 0 Å². The molecular weight excluding hydrogens is 348 g/mol.